The molecule has 34 heavy (non-hydrogen) atoms. The molecule has 172 valence electrons. The Morgan fingerprint density at radius 3 is 2.47 bits per heavy atom. The van der Waals surface area contributed by atoms with Gasteiger partial charge in [0.1, 0.15) is 5.75 Å². The Morgan fingerprint density at radius 1 is 1.03 bits per heavy atom. The number of para-hydroxylation sites is 2. The lowest BCUT2D eigenvalue weighted by atomic mass is 9.78. The monoisotopic (exact) mass is 475 g/mol. The minimum atomic E-state index is -0.622. The number of benzene rings is 3. The van der Waals surface area contributed by atoms with Crippen molar-refractivity contribution in [3.05, 3.63) is 104 Å². The molecule has 3 aromatic carbocycles. The van der Waals surface area contributed by atoms with Gasteiger partial charge >= 0.3 is 0 Å². The van der Waals surface area contributed by atoms with E-state index in [4.69, 9.17) is 16.3 Å². The Kier molecular flexibility index (Phi) is 5.71. The van der Waals surface area contributed by atoms with E-state index in [9.17, 15) is 14.9 Å². The largest absolute Gasteiger partial charge is 0.497 e. The number of ether oxygens (including phenoxy) is 1. The molecule has 0 saturated carbocycles. The predicted octanol–water partition coefficient (Wildman–Crippen LogP) is 6.24. The quantitative estimate of drug-likeness (QED) is 0.343. The number of methoxy groups -OCH3 is 1. The molecule has 5 rings (SSSR count). The molecule has 0 fully saturated rings. The number of carbonyl (C=O) groups is 1. The fraction of sp³-hybridized carbons (Fsp3) is 0.192. The minimum Gasteiger partial charge on any atom is -0.497 e. The predicted molar refractivity (Wildman–Crippen MR) is 132 cm³/mol. The summed E-state index contributed by atoms with van der Waals surface area (Å²) in [6, 6.07) is 19.1. The Bertz CT molecular complexity index is 1320. The molecule has 0 bridgehead atoms. The van der Waals surface area contributed by atoms with Crippen molar-refractivity contribution in [3.63, 3.8) is 0 Å². The molecule has 0 spiro atoms. The number of carbonyl (C=O) groups excluding carboxylic acids is 1. The number of nitrogens with zero attached hydrogens (tertiary/aromatic N) is 1. The van der Waals surface area contributed by atoms with Crippen LogP contribution in [-0.2, 0) is 4.79 Å². The third kappa shape index (κ3) is 3.99. The van der Waals surface area contributed by atoms with E-state index in [1.807, 2.05) is 48.5 Å². The summed E-state index contributed by atoms with van der Waals surface area (Å²) in [5, 5.41) is 18.7. The van der Waals surface area contributed by atoms with Crippen LogP contribution in [0.2, 0.25) is 5.02 Å². The summed E-state index contributed by atoms with van der Waals surface area (Å²) in [4.78, 5) is 24.6. The second-order valence-electron chi connectivity index (χ2n) is 8.40. The molecule has 2 aliphatic rings. The number of nitro groups is 1. The van der Waals surface area contributed by atoms with Crippen LogP contribution in [0, 0.1) is 10.1 Å². The summed E-state index contributed by atoms with van der Waals surface area (Å²) in [5.41, 5.74) is 4.45. The van der Waals surface area contributed by atoms with Gasteiger partial charge in [0.2, 0.25) is 0 Å². The summed E-state index contributed by atoms with van der Waals surface area (Å²) in [6.45, 7) is 0. The van der Waals surface area contributed by atoms with Gasteiger partial charge in [-0.25, -0.2) is 0 Å². The van der Waals surface area contributed by atoms with E-state index in [-0.39, 0.29) is 17.4 Å². The van der Waals surface area contributed by atoms with Gasteiger partial charge in [-0.2, -0.15) is 0 Å². The first-order valence-corrected chi connectivity index (χ1v) is 11.3. The summed E-state index contributed by atoms with van der Waals surface area (Å²) in [5.74, 6) is 0.732. The Labute approximate surface area is 201 Å². The lowest BCUT2D eigenvalue weighted by Gasteiger charge is -2.30. The van der Waals surface area contributed by atoms with Crippen molar-refractivity contribution in [2.45, 2.75) is 24.8 Å². The van der Waals surface area contributed by atoms with Crippen molar-refractivity contribution in [1.82, 2.24) is 0 Å². The molecule has 7 nitrogen and oxygen atoms in total. The van der Waals surface area contributed by atoms with Crippen LogP contribution in [0.25, 0.3) is 0 Å². The number of anilines is 2. The van der Waals surface area contributed by atoms with Crippen molar-refractivity contribution in [2.75, 3.05) is 17.7 Å². The van der Waals surface area contributed by atoms with E-state index in [0.717, 1.165) is 28.4 Å². The van der Waals surface area contributed by atoms with Gasteiger partial charge in [-0.3, -0.25) is 14.9 Å². The van der Waals surface area contributed by atoms with Gasteiger partial charge < -0.3 is 15.4 Å². The van der Waals surface area contributed by atoms with Crippen molar-refractivity contribution in [2.24, 2.45) is 0 Å². The highest BCUT2D eigenvalue weighted by molar-refractivity contribution is 6.31. The van der Waals surface area contributed by atoms with Gasteiger partial charge in [0, 0.05) is 40.4 Å². The smallest absolute Gasteiger partial charge is 0.269 e. The SMILES string of the molecule is COc1ccc([C@H]2CC(=O)C3=C(C2)Nc2ccccc2N[C@H]3c2cc([N+](=O)[O-])ccc2Cl)cc1. The second kappa shape index (κ2) is 8.83. The first kappa shape index (κ1) is 22.0. The fourth-order valence-corrected chi connectivity index (χ4v) is 4.93. The summed E-state index contributed by atoms with van der Waals surface area (Å²) < 4.78 is 5.26. The number of hydrogen-bond donors (Lipinski definition) is 2. The van der Waals surface area contributed by atoms with Gasteiger partial charge in [-0.15, -0.1) is 0 Å². The van der Waals surface area contributed by atoms with E-state index < -0.39 is 11.0 Å². The summed E-state index contributed by atoms with van der Waals surface area (Å²) in [6.07, 6.45) is 0.945. The molecule has 0 radical (unpaired) electrons. The standard InChI is InChI=1S/C26H22ClN3O4/c1-34-18-9-6-15(7-10-18)16-12-23-25(24(31)13-16)26(29-22-5-3-2-4-21(22)28-23)19-14-17(30(32)33)8-11-20(19)27/h2-11,14,16,26,28-29H,12-13H2,1H3/t16-,26+/m1/s1. The highest BCUT2D eigenvalue weighted by Crippen LogP contribution is 2.45. The number of nitrogens with one attached hydrogen (secondary N) is 2. The maximum Gasteiger partial charge on any atom is 0.269 e. The molecule has 1 aliphatic heterocycles. The van der Waals surface area contributed by atoms with Crippen molar-refractivity contribution in [1.29, 1.82) is 0 Å². The Hall–Kier alpha value is -3.84. The molecular formula is C26H22ClN3O4. The van der Waals surface area contributed by atoms with Crippen LogP contribution in [-0.4, -0.2) is 17.8 Å². The number of Topliss-reactive ketones (excluding diaryl/α,β-unsaturated/α-hetero) is 1. The van der Waals surface area contributed by atoms with Crippen LogP contribution in [0.1, 0.15) is 35.9 Å². The molecule has 0 aromatic heterocycles. The molecule has 8 heteroatoms. The van der Waals surface area contributed by atoms with Crippen LogP contribution in [0.4, 0.5) is 17.1 Å². The number of rotatable bonds is 4. The number of non-ortho nitro benzene ring substituents is 1. The van der Waals surface area contributed by atoms with Gasteiger partial charge in [0.25, 0.3) is 5.69 Å². The molecule has 2 atom stereocenters. The summed E-state index contributed by atoms with van der Waals surface area (Å²) >= 11 is 6.52. The zero-order valence-corrected chi connectivity index (χ0v) is 19.1. The Balaban J connectivity index is 1.62. The zero-order valence-electron chi connectivity index (χ0n) is 18.4. The fourth-order valence-electron chi connectivity index (χ4n) is 4.70. The number of halogens is 1. The number of fused-ring (bicyclic) bond motifs is 1. The van der Waals surface area contributed by atoms with E-state index in [0.29, 0.717) is 29.0 Å². The normalized spacial score (nSPS) is 19.3. The molecule has 0 saturated heterocycles. The van der Waals surface area contributed by atoms with E-state index in [1.165, 1.54) is 18.2 Å². The minimum absolute atomic E-state index is 0.00357. The van der Waals surface area contributed by atoms with Gasteiger partial charge in [-0.05, 0) is 48.2 Å². The van der Waals surface area contributed by atoms with Crippen LogP contribution in [0.3, 0.4) is 0 Å². The molecule has 3 aromatic rings. The topological polar surface area (TPSA) is 93.5 Å². The van der Waals surface area contributed by atoms with E-state index >= 15 is 0 Å². The first-order valence-electron chi connectivity index (χ1n) is 10.9. The molecule has 1 aliphatic carbocycles. The van der Waals surface area contributed by atoms with Crippen LogP contribution in [0.15, 0.2) is 78.0 Å². The molecule has 0 amide bonds. The third-order valence-electron chi connectivity index (χ3n) is 6.40. The van der Waals surface area contributed by atoms with Crippen molar-refractivity contribution in [3.8, 4) is 5.75 Å². The number of allylic oxidation sites excluding steroid dienone is 1. The number of ketones is 1. The third-order valence-corrected chi connectivity index (χ3v) is 6.74. The highest BCUT2D eigenvalue weighted by Gasteiger charge is 2.37. The average molecular weight is 476 g/mol. The van der Waals surface area contributed by atoms with E-state index in [1.54, 1.807) is 7.11 Å². The lowest BCUT2D eigenvalue weighted by Crippen LogP contribution is -2.27. The van der Waals surface area contributed by atoms with E-state index in [2.05, 4.69) is 10.6 Å². The maximum atomic E-state index is 13.6. The highest BCUT2D eigenvalue weighted by atomic mass is 35.5. The molecule has 2 N–H and O–H groups in total. The van der Waals surface area contributed by atoms with Crippen molar-refractivity contribution < 1.29 is 14.5 Å². The van der Waals surface area contributed by atoms with Gasteiger partial charge in [0.05, 0.1) is 29.4 Å². The van der Waals surface area contributed by atoms with Gasteiger partial charge in [0.15, 0.2) is 5.78 Å². The Morgan fingerprint density at radius 2 is 1.76 bits per heavy atom. The van der Waals surface area contributed by atoms with Crippen LogP contribution < -0.4 is 15.4 Å². The van der Waals surface area contributed by atoms with Crippen molar-refractivity contribution >= 4 is 34.4 Å². The molecular weight excluding hydrogens is 454 g/mol. The second-order valence-corrected chi connectivity index (χ2v) is 8.81. The number of hydrogen-bond acceptors (Lipinski definition) is 6. The maximum absolute atomic E-state index is 13.6. The van der Waals surface area contributed by atoms with Gasteiger partial charge in [-0.1, -0.05) is 35.9 Å². The first-order chi connectivity index (χ1) is 16.4. The summed E-state index contributed by atoms with van der Waals surface area (Å²) in [7, 11) is 1.62. The van der Waals surface area contributed by atoms with Crippen LogP contribution in [0.5, 0.6) is 5.75 Å². The zero-order chi connectivity index (χ0) is 23.8. The van der Waals surface area contributed by atoms with Crippen LogP contribution >= 0.6 is 11.6 Å². The number of nitro benzene ring substituents is 1. The lowest BCUT2D eigenvalue weighted by molar-refractivity contribution is -0.384. The average Bonchev–Trinajstić information content (AvgIpc) is 3.01. The molecule has 1 heterocycles. The molecule has 0 unspecified atom stereocenters.